The number of carbonyl (C=O) groups excluding carboxylic acids is 2. The van der Waals surface area contributed by atoms with Crippen molar-refractivity contribution < 1.29 is 14.3 Å². The Morgan fingerprint density at radius 3 is 2.67 bits per heavy atom. The topological polar surface area (TPSA) is 65.1 Å². The van der Waals surface area contributed by atoms with E-state index in [1.165, 1.54) is 0 Å². The largest absolute Gasteiger partial charge is 0.497 e. The number of rotatable bonds is 9. The van der Waals surface area contributed by atoms with E-state index < -0.39 is 6.04 Å². The van der Waals surface area contributed by atoms with Crippen molar-refractivity contribution in [3.63, 3.8) is 0 Å². The summed E-state index contributed by atoms with van der Waals surface area (Å²) in [5, 5.41) is 2.99. The van der Waals surface area contributed by atoms with E-state index in [2.05, 4.69) is 31.0 Å². The number of hydrogen-bond acceptors (Lipinski definition) is 4. The molecule has 164 valence electrons. The van der Waals surface area contributed by atoms with Gasteiger partial charge in [0.15, 0.2) is 0 Å². The summed E-state index contributed by atoms with van der Waals surface area (Å²) in [5.74, 6) is 0.718. The van der Waals surface area contributed by atoms with Gasteiger partial charge in [-0.3, -0.25) is 9.69 Å². The van der Waals surface area contributed by atoms with Gasteiger partial charge in [0, 0.05) is 13.1 Å². The van der Waals surface area contributed by atoms with Crippen molar-refractivity contribution in [3.8, 4) is 5.75 Å². The molecule has 0 radical (unpaired) electrons. The molecule has 2 aliphatic rings. The number of amides is 3. The molecular weight excluding hydrogens is 380 g/mol. The molecule has 2 heterocycles. The number of ether oxygens (including phenoxy) is 1. The molecule has 2 aliphatic heterocycles. The molecule has 30 heavy (non-hydrogen) atoms. The highest BCUT2D eigenvalue weighted by molar-refractivity contribution is 6.01. The predicted octanol–water partition coefficient (Wildman–Crippen LogP) is 3.00. The summed E-state index contributed by atoms with van der Waals surface area (Å²) in [6.07, 6.45) is 1.99. The number of hydrogen-bond donors (Lipinski definition) is 1. The van der Waals surface area contributed by atoms with E-state index in [1.807, 2.05) is 29.2 Å². The van der Waals surface area contributed by atoms with E-state index >= 15 is 0 Å². The van der Waals surface area contributed by atoms with Crippen LogP contribution in [0.2, 0.25) is 0 Å². The van der Waals surface area contributed by atoms with Gasteiger partial charge < -0.3 is 19.9 Å². The average molecular weight is 415 g/mol. The molecule has 0 spiro atoms. The molecule has 0 aliphatic carbocycles. The Morgan fingerprint density at radius 1 is 1.27 bits per heavy atom. The van der Waals surface area contributed by atoms with Gasteiger partial charge >= 0.3 is 6.03 Å². The van der Waals surface area contributed by atoms with Gasteiger partial charge in [-0.15, -0.1) is 0 Å². The van der Waals surface area contributed by atoms with Gasteiger partial charge in [-0.2, -0.15) is 0 Å². The number of methoxy groups -OCH3 is 1. The van der Waals surface area contributed by atoms with Crippen molar-refractivity contribution in [1.82, 2.24) is 20.0 Å². The van der Waals surface area contributed by atoms with Crippen LogP contribution >= 0.6 is 0 Å². The Labute approximate surface area is 179 Å². The van der Waals surface area contributed by atoms with Gasteiger partial charge in [-0.1, -0.05) is 26.0 Å². The Kier molecular flexibility index (Phi) is 7.02. The first-order valence-corrected chi connectivity index (χ1v) is 10.9. The highest BCUT2D eigenvalue weighted by atomic mass is 16.5. The molecular formula is C23H34N4O3. The number of carbonyl (C=O) groups is 2. The lowest BCUT2D eigenvalue weighted by atomic mass is 9.95. The highest BCUT2D eigenvalue weighted by Gasteiger charge is 2.44. The summed E-state index contributed by atoms with van der Waals surface area (Å²) in [6.45, 7) is 10.1. The van der Waals surface area contributed by atoms with Gasteiger partial charge in [-0.05, 0) is 57.1 Å². The molecule has 2 atom stereocenters. The van der Waals surface area contributed by atoms with Crippen LogP contribution < -0.4 is 10.1 Å². The number of likely N-dealkylation sites (N-methyl/N-ethyl adjacent to an activating group) is 1. The van der Waals surface area contributed by atoms with Gasteiger partial charge in [0.25, 0.3) is 5.91 Å². The van der Waals surface area contributed by atoms with Crippen molar-refractivity contribution in [3.05, 3.63) is 41.1 Å². The summed E-state index contributed by atoms with van der Waals surface area (Å²) in [5.41, 5.74) is 2.32. The molecule has 1 aromatic rings. The number of nitrogens with one attached hydrogen (secondary N) is 1. The molecule has 7 nitrogen and oxygen atoms in total. The van der Waals surface area contributed by atoms with Crippen LogP contribution in [0.15, 0.2) is 35.5 Å². The van der Waals surface area contributed by atoms with Crippen molar-refractivity contribution in [2.75, 3.05) is 40.3 Å². The van der Waals surface area contributed by atoms with E-state index in [-0.39, 0.29) is 18.0 Å². The highest BCUT2D eigenvalue weighted by Crippen LogP contribution is 2.37. The molecule has 0 fully saturated rings. The fourth-order valence-corrected chi connectivity index (χ4v) is 4.32. The summed E-state index contributed by atoms with van der Waals surface area (Å²) >= 11 is 0. The third kappa shape index (κ3) is 4.31. The second-order valence-corrected chi connectivity index (χ2v) is 8.03. The molecule has 3 amide bonds. The van der Waals surface area contributed by atoms with Crippen molar-refractivity contribution in [2.45, 2.75) is 45.7 Å². The Hall–Kier alpha value is -2.54. The lowest BCUT2D eigenvalue weighted by Gasteiger charge is -2.31. The second kappa shape index (κ2) is 9.51. The standard InChI is InChI=1S/C23H34N4O3/c1-6-26(7-2)13-9-10-16(3)27-15-19-20(22(27)28)21(24-23(29)25(19)4)17-11-8-12-18(14-17)30-5/h8,11-12,14,16,21H,6-7,9-10,13,15H2,1-5H3,(H,24,29)/t16-,21+/m1/s1. The van der Waals surface area contributed by atoms with Crippen LogP contribution in [0.4, 0.5) is 4.79 Å². The molecule has 1 N–H and O–H groups in total. The molecule has 7 heteroatoms. The van der Waals surface area contributed by atoms with Gasteiger partial charge in [0.2, 0.25) is 0 Å². The normalized spacial score (nSPS) is 20.0. The molecule has 0 bridgehead atoms. The zero-order valence-electron chi connectivity index (χ0n) is 18.8. The smallest absolute Gasteiger partial charge is 0.322 e. The van der Waals surface area contributed by atoms with Crippen LogP contribution in [-0.4, -0.2) is 73.0 Å². The zero-order chi connectivity index (χ0) is 21.8. The minimum Gasteiger partial charge on any atom is -0.497 e. The Balaban J connectivity index is 1.78. The van der Waals surface area contributed by atoms with Gasteiger partial charge in [0.1, 0.15) is 5.75 Å². The Bertz CT molecular complexity index is 818. The third-order valence-corrected chi connectivity index (χ3v) is 6.34. The minimum absolute atomic E-state index is 0.0139. The SMILES string of the molecule is CCN(CC)CCC[C@@H](C)N1CC2=C(C1=O)[C@H](c1cccc(OC)c1)NC(=O)N2C. The number of nitrogens with zero attached hydrogens (tertiary/aromatic N) is 3. The minimum atomic E-state index is -0.459. The summed E-state index contributed by atoms with van der Waals surface area (Å²) in [4.78, 5) is 31.9. The van der Waals surface area contributed by atoms with Gasteiger partial charge in [0.05, 0.1) is 31.0 Å². The van der Waals surface area contributed by atoms with E-state index in [9.17, 15) is 9.59 Å². The van der Waals surface area contributed by atoms with Crippen molar-refractivity contribution in [2.24, 2.45) is 0 Å². The van der Waals surface area contributed by atoms with Crippen LogP contribution in [0.5, 0.6) is 5.75 Å². The fourth-order valence-electron chi connectivity index (χ4n) is 4.32. The van der Waals surface area contributed by atoms with Crippen molar-refractivity contribution >= 4 is 11.9 Å². The quantitative estimate of drug-likeness (QED) is 0.675. The molecule has 0 saturated heterocycles. The first kappa shape index (κ1) is 22.2. The Morgan fingerprint density at radius 2 is 2.00 bits per heavy atom. The van der Waals surface area contributed by atoms with E-state index in [4.69, 9.17) is 4.74 Å². The second-order valence-electron chi connectivity index (χ2n) is 8.03. The monoisotopic (exact) mass is 414 g/mol. The maximum atomic E-state index is 13.4. The fraction of sp³-hybridized carbons (Fsp3) is 0.565. The first-order valence-electron chi connectivity index (χ1n) is 10.9. The van der Waals surface area contributed by atoms with Crippen LogP contribution in [0, 0.1) is 0 Å². The summed E-state index contributed by atoms with van der Waals surface area (Å²) in [7, 11) is 3.34. The average Bonchev–Trinajstić information content (AvgIpc) is 3.11. The summed E-state index contributed by atoms with van der Waals surface area (Å²) < 4.78 is 5.33. The first-order chi connectivity index (χ1) is 14.4. The third-order valence-electron chi connectivity index (χ3n) is 6.34. The molecule has 0 saturated carbocycles. The van der Waals surface area contributed by atoms with E-state index in [0.29, 0.717) is 17.9 Å². The van der Waals surface area contributed by atoms with Crippen molar-refractivity contribution in [1.29, 1.82) is 0 Å². The number of urea groups is 1. The maximum absolute atomic E-state index is 13.4. The summed E-state index contributed by atoms with van der Waals surface area (Å²) in [6, 6.07) is 7.01. The maximum Gasteiger partial charge on any atom is 0.322 e. The van der Waals surface area contributed by atoms with Crippen LogP contribution in [0.25, 0.3) is 0 Å². The van der Waals surface area contributed by atoms with Crippen LogP contribution in [0.1, 0.15) is 45.2 Å². The molecule has 0 unspecified atom stereocenters. The van der Waals surface area contributed by atoms with Gasteiger partial charge in [-0.25, -0.2) is 4.79 Å². The molecule has 0 aromatic heterocycles. The molecule has 3 rings (SSSR count). The lowest BCUT2D eigenvalue weighted by molar-refractivity contribution is -0.127. The zero-order valence-corrected chi connectivity index (χ0v) is 18.8. The predicted molar refractivity (Wildman–Crippen MR) is 117 cm³/mol. The van der Waals surface area contributed by atoms with E-state index in [1.54, 1.807) is 19.1 Å². The van der Waals surface area contributed by atoms with Crippen LogP contribution in [-0.2, 0) is 4.79 Å². The van der Waals surface area contributed by atoms with E-state index in [0.717, 1.165) is 43.7 Å². The van der Waals surface area contributed by atoms with Crippen LogP contribution in [0.3, 0.4) is 0 Å². The lowest BCUT2D eigenvalue weighted by Crippen LogP contribution is -2.45. The molecule has 1 aromatic carbocycles. The number of benzene rings is 1.